The van der Waals surface area contributed by atoms with Gasteiger partial charge in [0.1, 0.15) is 0 Å². The number of fused-ring (bicyclic) bond motifs is 1. The van der Waals surface area contributed by atoms with Gasteiger partial charge in [-0.3, -0.25) is 9.78 Å². The zero-order chi connectivity index (χ0) is 19.4. The number of hydrogen-bond acceptors (Lipinski definition) is 2. The van der Waals surface area contributed by atoms with Crippen LogP contribution in [-0.4, -0.2) is 10.9 Å². The summed E-state index contributed by atoms with van der Waals surface area (Å²) in [6, 6.07) is 20.6. The summed E-state index contributed by atoms with van der Waals surface area (Å²) in [7, 11) is 0. The summed E-state index contributed by atoms with van der Waals surface area (Å²) in [5, 5.41) is 4.25. The molecule has 1 aliphatic carbocycles. The number of hydrogen-bond donors (Lipinski definition) is 1. The average molecular weight is 373 g/mol. The van der Waals surface area contributed by atoms with E-state index < -0.39 is 0 Å². The van der Waals surface area contributed by atoms with E-state index >= 15 is 0 Å². The summed E-state index contributed by atoms with van der Waals surface area (Å²) < 4.78 is 0. The van der Waals surface area contributed by atoms with Crippen LogP contribution in [0.5, 0.6) is 0 Å². The van der Waals surface area contributed by atoms with Crippen LogP contribution in [0.25, 0.3) is 10.9 Å². The van der Waals surface area contributed by atoms with Crippen LogP contribution in [0.4, 0.5) is 5.69 Å². The van der Waals surface area contributed by atoms with Gasteiger partial charge in [0.15, 0.2) is 0 Å². The molecule has 1 atom stereocenters. The van der Waals surface area contributed by atoms with E-state index in [0.29, 0.717) is 5.92 Å². The second kappa shape index (κ2) is 8.14. The summed E-state index contributed by atoms with van der Waals surface area (Å²) in [6.07, 6.45) is 8.09. The number of nitrogens with zero attached hydrogens (tertiary/aromatic N) is 1. The van der Waals surface area contributed by atoms with Crippen LogP contribution < -0.4 is 5.32 Å². The third-order valence-corrected chi connectivity index (χ3v) is 6.21. The van der Waals surface area contributed by atoms with E-state index in [4.69, 9.17) is 0 Å². The molecule has 1 saturated carbocycles. The molecule has 1 N–H and O–H groups in total. The topological polar surface area (TPSA) is 42.0 Å². The Hall–Kier alpha value is -2.68. The number of para-hydroxylation sites is 1. The summed E-state index contributed by atoms with van der Waals surface area (Å²) in [5.74, 6) is 0.520. The standard InChI is InChI=1S/C25H28N2O/c1-19(20-10-4-2-5-11-20)17-25(14-8-3-9-15-25)24(28)27-22-16-21-12-6-7-13-23(21)26-18-22/h2,4-7,10-13,16,18-19H,3,8-9,14-15,17H2,1H3,(H,27,28). The summed E-state index contributed by atoms with van der Waals surface area (Å²) in [6.45, 7) is 2.25. The first-order chi connectivity index (χ1) is 13.7. The Morgan fingerprint density at radius 3 is 2.54 bits per heavy atom. The minimum atomic E-state index is -0.293. The molecule has 2 aromatic carbocycles. The van der Waals surface area contributed by atoms with Gasteiger partial charge in [-0.1, -0.05) is 74.7 Å². The van der Waals surface area contributed by atoms with E-state index in [-0.39, 0.29) is 11.3 Å². The number of rotatable bonds is 5. The fourth-order valence-electron chi connectivity index (χ4n) is 4.64. The Kier molecular flexibility index (Phi) is 5.43. The lowest BCUT2D eigenvalue weighted by Gasteiger charge is -2.38. The maximum atomic E-state index is 13.5. The zero-order valence-electron chi connectivity index (χ0n) is 16.5. The molecule has 1 unspecified atom stereocenters. The van der Waals surface area contributed by atoms with Crippen LogP contribution >= 0.6 is 0 Å². The van der Waals surface area contributed by atoms with E-state index in [0.717, 1.165) is 48.7 Å². The number of nitrogens with one attached hydrogen (secondary N) is 1. The van der Waals surface area contributed by atoms with Crippen molar-refractivity contribution in [1.29, 1.82) is 0 Å². The van der Waals surface area contributed by atoms with Gasteiger partial charge in [-0.05, 0) is 42.9 Å². The Morgan fingerprint density at radius 1 is 1.04 bits per heavy atom. The van der Waals surface area contributed by atoms with Crippen molar-refractivity contribution in [1.82, 2.24) is 4.98 Å². The molecule has 3 heteroatoms. The third-order valence-electron chi connectivity index (χ3n) is 6.21. The van der Waals surface area contributed by atoms with Gasteiger partial charge in [0, 0.05) is 5.39 Å². The monoisotopic (exact) mass is 372 g/mol. The molecule has 1 fully saturated rings. The minimum Gasteiger partial charge on any atom is -0.324 e. The van der Waals surface area contributed by atoms with Crippen molar-refractivity contribution in [3.05, 3.63) is 72.4 Å². The van der Waals surface area contributed by atoms with E-state index in [2.05, 4.69) is 41.5 Å². The SMILES string of the molecule is CC(CC1(C(=O)Nc2cnc3ccccc3c2)CCCCC1)c1ccccc1. The maximum absolute atomic E-state index is 13.5. The van der Waals surface area contributed by atoms with Crippen molar-refractivity contribution < 1.29 is 4.79 Å². The predicted molar refractivity (Wildman–Crippen MR) is 115 cm³/mol. The van der Waals surface area contributed by atoms with Crippen molar-refractivity contribution in [3.8, 4) is 0 Å². The number of carbonyl (C=O) groups is 1. The Labute approximate surface area is 167 Å². The number of anilines is 1. The fraction of sp³-hybridized carbons (Fsp3) is 0.360. The van der Waals surface area contributed by atoms with Gasteiger partial charge < -0.3 is 5.32 Å². The Morgan fingerprint density at radius 2 is 1.75 bits per heavy atom. The molecule has 4 rings (SSSR count). The van der Waals surface area contributed by atoms with Gasteiger partial charge in [-0.25, -0.2) is 0 Å². The van der Waals surface area contributed by atoms with Crippen molar-refractivity contribution in [2.24, 2.45) is 5.41 Å². The van der Waals surface area contributed by atoms with E-state index in [1.807, 2.05) is 36.4 Å². The van der Waals surface area contributed by atoms with E-state index in [1.54, 1.807) is 6.20 Å². The van der Waals surface area contributed by atoms with Crippen molar-refractivity contribution in [2.45, 2.75) is 51.4 Å². The highest BCUT2D eigenvalue weighted by Gasteiger charge is 2.40. The van der Waals surface area contributed by atoms with Crippen LogP contribution in [0, 0.1) is 5.41 Å². The first-order valence-corrected chi connectivity index (χ1v) is 10.4. The Balaban J connectivity index is 1.56. The second-order valence-electron chi connectivity index (χ2n) is 8.23. The molecule has 1 amide bonds. The van der Waals surface area contributed by atoms with Crippen LogP contribution in [0.1, 0.15) is 56.9 Å². The molecule has 0 aliphatic heterocycles. The summed E-state index contributed by atoms with van der Waals surface area (Å²) in [5.41, 5.74) is 2.76. The number of amides is 1. The molecule has 144 valence electrons. The summed E-state index contributed by atoms with van der Waals surface area (Å²) in [4.78, 5) is 17.9. The van der Waals surface area contributed by atoms with Crippen LogP contribution in [-0.2, 0) is 4.79 Å². The molecular formula is C25H28N2O. The minimum absolute atomic E-state index is 0.159. The molecule has 0 radical (unpaired) electrons. The molecule has 1 aromatic heterocycles. The van der Waals surface area contributed by atoms with Gasteiger partial charge in [0.2, 0.25) is 5.91 Å². The average Bonchev–Trinajstić information content (AvgIpc) is 2.75. The second-order valence-corrected chi connectivity index (χ2v) is 8.23. The van der Waals surface area contributed by atoms with Gasteiger partial charge >= 0.3 is 0 Å². The normalized spacial score (nSPS) is 17.2. The molecule has 0 saturated heterocycles. The molecule has 1 aliphatic rings. The van der Waals surface area contributed by atoms with Crippen molar-refractivity contribution >= 4 is 22.5 Å². The highest BCUT2D eigenvalue weighted by atomic mass is 16.2. The van der Waals surface area contributed by atoms with Gasteiger partial charge in [-0.15, -0.1) is 0 Å². The molecule has 3 aromatic rings. The van der Waals surface area contributed by atoms with Crippen LogP contribution in [0.15, 0.2) is 66.9 Å². The number of pyridine rings is 1. The smallest absolute Gasteiger partial charge is 0.230 e. The van der Waals surface area contributed by atoms with Crippen LogP contribution in [0.3, 0.4) is 0 Å². The van der Waals surface area contributed by atoms with Crippen molar-refractivity contribution in [2.75, 3.05) is 5.32 Å². The highest BCUT2D eigenvalue weighted by Crippen LogP contribution is 2.44. The number of carbonyl (C=O) groups excluding carboxylic acids is 1. The largest absolute Gasteiger partial charge is 0.324 e. The zero-order valence-corrected chi connectivity index (χ0v) is 16.5. The van der Waals surface area contributed by atoms with Crippen molar-refractivity contribution in [3.63, 3.8) is 0 Å². The van der Waals surface area contributed by atoms with Gasteiger partial charge in [0.25, 0.3) is 0 Å². The fourth-order valence-corrected chi connectivity index (χ4v) is 4.64. The molecule has 28 heavy (non-hydrogen) atoms. The van der Waals surface area contributed by atoms with E-state index in [9.17, 15) is 4.79 Å². The van der Waals surface area contributed by atoms with Crippen LogP contribution in [0.2, 0.25) is 0 Å². The first-order valence-electron chi connectivity index (χ1n) is 10.4. The highest BCUT2D eigenvalue weighted by molar-refractivity contribution is 5.97. The quantitative estimate of drug-likeness (QED) is 0.569. The number of benzene rings is 2. The lowest BCUT2D eigenvalue weighted by Crippen LogP contribution is -2.39. The lowest BCUT2D eigenvalue weighted by atomic mass is 9.67. The predicted octanol–water partition coefficient (Wildman–Crippen LogP) is 6.32. The van der Waals surface area contributed by atoms with Gasteiger partial charge in [0.05, 0.1) is 22.8 Å². The molecule has 0 bridgehead atoms. The summed E-state index contributed by atoms with van der Waals surface area (Å²) >= 11 is 0. The lowest BCUT2D eigenvalue weighted by molar-refractivity contribution is -0.128. The molecule has 1 heterocycles. The molecular weight excluding hydrogens is 344 g/mol. The molecule has 0 spiro atoms. The maximum Gasteiger partial charge on any atom is 0.230 e. The Bertz CT molecular complexity index is 945. The third kappa shape index (κ3) is 3.94. The first kappa shape index (κ1) is 18.7. The molecule has 3 nitrogen and oxygen atoms in total. The van der Waals surface area contributed by atoms with E-state index in [1.165, 1.54) is 12.0 Å². The number of aromatic nitrogens is 1. The van der Waals surface area contributed by atoms with Gasteiger partial charge in [-0.2, -0.15) is 0 Å².